The Kier molecular flexibility index (Phi) is 3.09. The van der Waals surface area contributed by atoms with Crippen LogP contribution in [0.3, 0.4) is 0 Å². The van der Waals surface area contributed by atoms with Crippen LogP contribution in [0.5, 0.6) is 0 Å². The van der Waals surface area contributed by atoms with E-state index >= 15 is 0 Å². The fraction of sp³-hybridized carbons (Fsp3) is 1.00. The second kappa shape index (κ2) is 4.06. The molecule has 2 fully saturated rings. The molecule has 1 spiro atoms. The molecule has 15 heavy (non-hydrogen) atoms. The van der Waals surface area contributed by atoms with Gasteiger partial charge in [0.05, 0.1) is 0 Å². The summed E-state index contributed by atoms with van der Waals surface area (Å²) in [5, 5.41) is 7.19. The molecule has 1 aliphatic carbocycles. The maximum Gasteiger partial charge on any atom is 0.00786 e. The van der Waals surface area contributed by atoms with E-state index in [0.717, 1.165) is 6.04 Å². The van der Waals surface area contributed by atoms with Gasteiger partial charge in [-0.25, -0.2) is 0 Å². The standard InChI is InChI=1S/C13H26N2/c1-12(2,3)4-7-15-11-8-13(9-11)5-6-14-10-13/h11,14-15H,4-10H2,1-3H3/t11-,13-. The second-order valence-corrected chi connectivity index (χ2v) is 6.80. The molecule has 1 heterocycles. The summed E-state index contributed by atoms with van der Waals surface area (Å²) in [6.45, 7) is 10.7. The van der Waals surface area contributed by atoms with Gasteiger partial charge in [0.15, 0.2) is 0 Å². The SMILES string of the molecule is CC(C)(C)CCN[C@H]1C[C@@]2(CCNC2)C1. The van der Waals surface area contributed by atoms with Crippen molar-refractivity contribution < 1.29 is 0 Å². The van der Waals surface area contributed by atoms with Crippen molar-refractivity contribution in [3.05, 3.63) is 0 Å². The lowest BCUT2D eigenvalue weighted by atomic mass is 9.65. The molecule has 2 nitrogen and oxygen atoms in total. The normalized spacial score (nSPS) is 35.8. The first-order chi connectivity index (χ1) is 6.99. The van der Waals surface area contributed by atoms with Crippen molar-refractivity contribution >= 4 is 0 Å². The van der Waals surface area contributed by atoms with Crippen LogP contribution in [0.4, 0.5) is 0 Å². The Morgan fingerprint density at radius 3 is 2.60 bits per heavy atom. The minimum Gasteiger partial charge on any atom is -0.316 e. The van der Waals surface area contributed by atoms with E-state index in [1.807, 2.05) is 0 Å². The molecule has 2 heteroatoms. The first-order valence-electron chi connectivity index (χ1n) is 6.43. The van der Waals surface area contributed by atoms with Crippen molar-refractivity contribution in [1.29, 1.82) is 0 Å². The van der Waals surface area contributed by atoms with E-state index in [1.54, 1.807) is 0 Å². The van der Waals surface area contributed by atoms with Crippen LogP contribution in [-0.2, 0) is 0 Å². The Hall–Kier alpha value is -0.0800. The summed E-state index contributed by atoms with van der Waals surface area (Å²) in [5.41, 5.74) is 1.17. The van der Waals surface area contributed by atoms with Crippen LogP contribution in [0.15, 0.2) is 0 Å². The highest BCUT2D eigenvalue weighted by atomic mass is 15.0. The number of nitrogens with one attached hydrogen (secondary N) is 2. The molecule has 0 radical (unpaired) electrons. The predicted molar refractivity (Wildman–Crippen MR) is 65.0 cm³/mol. The highest BCUT2D eigenvalue weighted by Gasteiger charge is 2.45. The lowest BCUT2D eigenvalue weighted by molar-refractivity contribution is 0.103. The fourth-order valence-corrected chi connectivity index (χ4v) is 2.93. The van der Waals surface area contributed by atoms with Gasteiger partial charge in [0.2, 0.25) is 0 Å². The van der Waals surface area contributed by atoms with Crippen molar-refractivity contribution in [3.8, 4) is 0 Å². The van der Waals surface area contributed by atoms with Crippen LogP contribution in [0.25, 0.3) is 0 Å². The van der Waals surface area contributed by atoms with Gasteiger partial charge >= 0.3 is 0 Å². The third-order valence-electron chi connectivity index (χ3n) is 4.00. The summed E-state index contributed by atoms with van der Waals surface area (Å²) in [5.74, 6) is 0. The highest BCUT2D eigenvalue weighted by Crippen LogP contribution is 2.45. The molecule has 88 valence electrons. The van der Waals surface area contributed by atoms with E-state index in [1.165, 1.54) is 45.3 Å². The maximum atomic E-state index is 3.70. The zero-order valence-electron chi connectivity index (χ0n) is 10.5. The molecule has 0 aromatic rings. The van der Waals surface area contributed by atoms with Gasteiger partial charge in [0.1, 0.15) is 0 Å². The molecule has 2 N–H and O–H groups in total. The zero-order chi connectivity index (χ0) is 10.9. The van der Waals surface area contributed by atoms with Gasteiger partial charge in [-0.3, -0.25) is 0 Å². The van der Waals surface area contributed by atoms with Crippen LogP contribution in [0, 0.1) is 10.8 Å². The average molecular weight is 210 g/mol. The van der Waals surface area contributed by atoms with Crippen molar-refractivity contribution in [2.45, 2.75) is 52.5 Å². The van der Waals surface area contributed by atoms with Crippen molar-refractivity contribution in [2.75, 3.05) is 19.6 Å². The molecule has 0 amide bonds. The van der Waals surface area contributed by atoms with E-state index in [0.29, 0.717) is 10.8 Å². The summed E-state index contributed by atoms with van der Waals surface area (Å²) >= 11 is 0. The van der Waals surface area contributed by atoms with Crippen molar-refractivity contribution in [2.24, 2.45) is 10.8 Å². The molecule has 0 bridgehead atoms. The monoisotopic (exact) mass is 210 g/mol. The Labute approximate surface area is 94.2 Å². The van der Waals surface area contributed by atoms with Crippen LogP contribution in [0.2, 0.25) is 0 Å². The zero-order valence-corrected chi connectivity index (χ0v) is 10.5. The van der Waals surface area contributed by atoms with Crippen LogP contribution in [0.1, 0.15) is 46.5 Å². The molecular formula is C13H26N2. The van der Waals surface area contributed by atoms with Crippen molar-refractivity contribution in [1.82, 2.24) is 10.6 Å². The number of hydrogen-bond acceptors (Lipinski definition) is 2. The first kappa shape index (κ1) is 11.4. The first-order valence-corrected chi connectivity index (χ1v) is 6.43. The minimum absolute atomic E-state index is 0.476. The Morgan fingerprint density at radius 1 is 1.33 bits per heavy atom. The lowest BCUT2D eigenvalue weighted by Crippen LogP contribution is -2.50. The molecule has 0 aromatic carbocycles. The molecule has 2 aliphatic rings. The van der Waals surface area contributed by atoms with Gasteiger partial charge in [-0.1, -0.05) is 20.8 Å². The number of rotatable bonds is 3. The van der Waals surface area contributed by atoms with Crippen LogP contribution < -0.4 is 10.6 Å². The van der Waals surface area contributed by atoms with E-state index in [-0.39, 0.29) is 0 Å². The Bertz CT molecular complexity index is 203. The van der Waals surface area contributed by atoms with E-state index in [9.17, 15) is 0 Å². The third kappa shape index (κ3) is 2.94. The Balaban J connectivity index is 1.60. The van der Waals surface area contributed by atoms with Gasteiger partial charge in [0, 0.05) is 12.6 Å². The largest absolute Gasteiger partial charge is 0.316 e. The molecule has 1 aliphatic heterocycles. The molecular weight excluding hydrogens is 184 g/mol. The predicted octanol–water partition coefficient (Wildman–Crippen LogP) is 2.15. The summed E-state index contributed by atoms with van der Waals surface area (Å²) in [6, 6.07) is 0.812. The molecule has 0 aromatic heterocycles. The van der Waals surface area contributed by atoms with Crippen molar-refractivity contribution in [3.63, 3.8) is 0 Å². The van der Waals surface area contributed by atoms with Gasteiger partial charge in [-0.15, -0.1) is 0 Å². The maximum absolute atomic E-state index is 3.70. The van der Waals surface area contributed by atoms with Gasteiger partial charge in [-0.2, -0.15) is 0 Å². The summed E-state index contributed by atoms with van der Waals surface area (Å²) in [7, 11) is 0. The van der Waals surface area contributed by atoms with Crippen LogP contribution >= 0.6 is 0 Å². The Morgan fingerprint density at radius 2 is 2.07 bits per heavy atom. The minimum atomic E-state index is 0.476. The molecule has 1 saturated heterocycles. The average Bonchev–Trinajstić information content (AvgIpc) is 2.49. The van der Waals surface area contributed by atoms with Gasteiger partial charge in [-0.05, 0) is 49.6 Å². The van der Waals surface area contributed by atoms with E-state index < -0.39 is 0 Å². The van der Waals surface area contributed by atoms with Crippen LogP contribution in [-0.4, -0.2) is 25.7 Å². The summed E-state index contributed by atoms with van der Waals surface area (Å²) < 4.78 is 0. The molecule has 2 rings (SSSR count). The van der Waals surface area contributed by atoms with E-state index in [4.69, 9.17) is 0 Å². The van der Waals surface area contributed by atoms with E-state index in [2.05, 4.69) is 31.4 Å². The molecule has 0 atom stereocenters. The topological polar surface area (TPSA) is 24.1 Å². The third-order valence-corrected chi connectivity index (χ3v) is 4.00. The smallest absolute Gasteiger partial charge is 0.00786 e. The van der Waals surface area contributed by atoms with Gasteiger partial charge < -0.3 is 10.6 Å². The summed E-state index contributed by atoms with van der Waals surface area (Å²) in [6.07, 6.45) is 5.51. The molecule has 1 saturated carbocycles. The lowest BCUT2D eigenvalue weighted by Gasteiger charge is -2.45. The summed E-state index contributed by atoms with van der Waals surface area (Å²) in [4.78, 5) is 0. The second-order valence-electron chi connectivity index (χ2n) is 6.80. The fourth-order valence-electron chi connectivity index (χ4n) is 2.93. The molecule has 0 unspecified atom stereocenters. The quantitative estimate of drug-likeness (QED) is 0.746. The highest BCUT2D eigenvalue weighted by molar-refractivity contribution is 5.01. The van der Waals surface area contributed by atoms with Gasteiger partial charge in [0.25, 0.3) is 0 Å². The number of hydrogen-bond donors (Lipinski definition) is 2.